The molecule has 1 atom stereocenters. The second-order valence-electron chi connectivity index (χ2n) is 5.50. The number of amides is 1. The van der Waals surface area contributed by atoms with E-state index in [0.717, 1.165) is 5.56 Å². The average molecular weight is 292 g/mol. The van der Waals surface area contributed by atoms with E-state index in [4.69, 9.17) is 5.73 Å². The molecule has 5 nitrogen and oxygen atoms in total. The molecule has 0 bridgehead atoms. The van der Waals surface area contributed by atoms with Gasteiger partial charge in [0.2, 0.25) is 0 Å². The SMILES string of the molecule is COC(=O)CCc1ccc(N)cc1C(=O)NC(C)C(C)C. The standard InChI is InChI=1S/C16H24N2O3/c1-10(2)11(3)18-16(20)14-9-13(17)7-5-12(14)6-8-15(19)21-4/h5,7,9-11H,6,8,17H2,1-4H3,(H,18,20). The van der Waals surface area contributed by atoms with Crippen molar-refractivity contribution in [3.05, 3.63) is 29.3 Å². The van der Waals surface area contributed by atoms with Gasteiger partial charge in [-0.15, -0.1) is 0 Å². The second kappa shape index (κ2) is 7.67. The van der Waals surface area contributed by atoms with Crippen LogP contribution in [0.15, 0.2) is 18.2 Å². The van der Waals surface area contributed by atoms with Crippen molar-refractivity contribution in [1.82, 2.24) is 5.32 Å². The summed E-state index contributed by atoms with van der Waals surface area (Å²) in [5.74, 6) is -0.120. The third-order valence-electron chi connectivity index (χ3n) is 3.56. The Balaban J connectivity index is 2.90. The van der Waals surface area contributed by atoms with E-state index in [-0.39, 0.29) is 24.3 Å². The van der Waals surface area contributed by atoms with Crippen molar-refractivity contribution in [3.63, 3.8) is 0 Å². The third-order valence-corrected chi connectivity index (χ3v) is 3.56. The molecule has 1 unspecified atom stereocenters. The van der Waals surface area contributed by atoms with Gasteiger partial charge in [0.05, 0.1) is 7.11 Å². The van der Waals surface area contributed by atoms with Crippen LogP contribution in [-0.2, 0) is 16.0 Å². The van der Waals surface area contributed by atoms with E-state index in [1.54, 1.807) is 18.2 Å². The summed E-state index contributed by atoms with van der Waals surface area (Å²) in [6, 6.07) is 5.23. The van der Waals surface area contributed by atoms with Gasteiger partial charge in [0.1, 0.15) is 0 Å². The Hall–Kier alpha value is -2.04. The van der Waals surface area contributed by atoms with Gasteiger partial charge in [0, 0.05) is 23.7 Å². The van der Waals surface area contributed by atoms with Crippen LogP contribution in [0.1, 0.15) is 43.1 Å². The molecule has 0 saturated carbocycles. The van der Waals surface area contributed by atoms with Gasteiger partial charge >= 0.3 is 5.97 Å². The highest BCUT2D eigenvalue weighted by atomic mass is 16.5. The molecule has 0 radical (unpaired) electrons. The molecule has 5 heteroatoms. The number of aryl methyl sites for hydroxylation is 1. The number of hydrogen-bond acceptors (Lipinski definition) is 4. The maximum absolute atomic E-state index is 12.4. The van der Waals surface area contributed by atoms with Crippen LogP contribution in [0.25, 0.3) is 0 Å². The number of nitrogens with one attached hydrogen (secondary N) is 1. The quantitative estimate of drug-likeness (QED) is 0.622. The molecule has 3 N–H and O–H groups in total. The Morgan fingerprint density at radius 2 is 1.95 bits per heavy atom. The van der Waals surface area contributed by atoms with Crippen LogP contribution in [0.2, 0.25) is 0 Å². The van der Waals surface area contributed by atoms with Crippen LogP contribution >= 0.6 is 0 Å². The number of anilines is 1. The van der Waals surface area contributed by atoms with Crippen molar-refractivity contribution in [3.8, 4) is 0 Å². The maximum atomic E-state index is 12.4. The van der Waals surface area contributed by atoms with Crippen molar-refractivity contribution >= 4 is 17.6 Å². The van der Waals surface area contributed by atoms with Gasteiger partial charge in [0.25, 0.3) is 5.91 Å². The molecule has 1 aromatic carbocycles. The molecule has 1 amide bonds. The predicted molar refractivity (Wildman–Crippen MR) is 83.0 cm³/mol. The van der Waals surface area contributed by atoms with Crippen LogP contribution in [0.4, 0.5) is 5.69 Å². The number of hydrogen-bond donors (Lipinski definition) is 2. The largest absolute Gasteiger partial charge is 0.469 e. The first-order valence-corrected chi connectivity index (χ1v) is 7.11. The number of benzene rings is 1. The van der Waals surface area contributed by atoms with Gasteiger partial charge in [-0.3, -0.25) is 9.59 Å². The zero-order valence-corrected chi connectivity index (χ0v) is 13.1. The molecular weight excluding hydrogens is 268 g/mol. The van der Waals surface area contributed by atoms with E-state index in [1.165, 1.54) is 7.11 Å². The van der Waals surface area contributed by atoms with E-state index >= 15 is 0 Å². The topological polar surface area (TPSA) is 81.4 Å². The Morgan fingerprint density at radius 3 is 2.52 bits per heavy atom. The summed E-state index contributed by atoms with van der Waals surface area (Å²) >= 11 is 0. The Kier molecular flexibility index (Phi) is 6.21. The van der Waals surface area contributed by atoms with Crippen LogP contribution < -0.4 is 11.1 Å². The van der Waals surface area contributed by atoms with E-state index in [1.807, 2.05) is 20.8 Å². The summed E-state index contributed by atoms with van der Waals surface area (Å²) in [5.41, 5.74) is 7.61. The van der Waals surface area contributed by atoms with Crippen LogP contribution in [0, 0.1) is 5.92 Å². The number of carbonyl (C=O) groups is 2. The lowest BCUT2D eigenvalue weighted by Gasteiger charge is -2.19. The minimum atomic E-state index is -0.297. The third kappa shape index (κ3) is 5.10. The summed E-state index contributed by atoms with van der Waals surface area (Å²) in [7, 11) is 1.35. The van der Waals surface area contributed by atoms with Gasteiger partial charge in [-0.25, -0.2) is 0 Å². The number of nitrogens with two attached hydrogens (primary N) is 1. The zero-order valence-electron chi connectivity index (χ0n) is 13.1. The first-order valence-electron chi connectivity index (χ1n) is 7.11. The van der Waals surface area contributed by atoms with E-state index in [0.29, 0.717) is 23.6 Å². The van der Waals surface area contributed by atoms with Crippen LogP contribution in [0.5, 0.6) is 0 Å². The van der Waals surface area contributed by atoms with Crippen LogP contribution in [-0.4, -0.2) is 25.0 Å². The molecule has 0 aromatic heterocycles. The molecule has 0 aliphatic carbocycles. The molecule has 0 aliphatic rings. The van der Waals surface area contributed by atoms with Gasteiger partial charge in [-0.1, -0.05) is 19.9 Å². The van der Waals surface area contributed by atoms with Crippen molar-refractivity contribution in [1.29, 1.82) is 0 Å². The Bertz CT molecular complexity index is 512. The van der Waals surface area contributed by atoms with E-state index < -0.39 is 0 Å². The summed E-state index contributed by atoms with van der Waals surface area (Å²) in [6.07, 6.45) is 0.687. The highest BCUT2D eigenvalue weighted by Crippen LogP contribution is 2.16. The van der Waals surface area contributed by atoms with Gasteiger partial charge in [0.15, 0.2) is 0 Å². The Morgan fingerprint density at radius 1 is 1.29 bits per heavy atom. The summed E-state index contributed by atoms with van der Waals surface area (Å²) in [4.78, 5) is 23.6. The van der Waals surface area contributed by atoms with Gasteiger partial charge in [-0.2, -0.15) is 0 Å². The monoisotopic (exact) mass is 292 g/mol. The lowest BCUT2D eigenvalue weighted by molar-refractivity contribution is -0.140. The minimum Gasteiger partial charge on any atom is -0.469 e. The van der Waals surface area contributed by atoms with Crippen molar-refractivity contribution in [2.75, 3.05) is 12.8 Å². The molecule has 0 fully saturated rings. The number of esters is 1. The molecule has 0 heterocycles. The molecule has 1 aromatic rings. The van der Waals surface area contributed by atoms with Gasteiger partial charge < -0.3 is 15.8 Å². The second-order valence-corrected chi connectivity index (χ2v) is 5.50. The van der Waals surface area contributed by atoms with E-state index in [9.17, 15) is 9.59 Å². The Labute approximate surface area is 125 Å². The maximum Gasteiger partial charge on any atom is 0.305 e. The predicted octanol–water partition coefficient (Wildman–Crippen LogP) is 2.15. The lowest BCUT2D eigenvalue weighted by Crippen LogP contribution is -2.36. The van der Waals surface area contributed by atoms with Crippen molar-refractivity contribution in [2.24, 2.45) is 5.92 Å². The summed E-state index contributed by atoms with van der Waals surface area (Å²) in [5, 5.41) is 2.95. The number of methoxy groups -OCH3 is 1. The molecule has 21 heavy (non-hydrogen) atoms. The first kappa shape index (κ1) is 17.0. The smallest absolute Gasteiger partial charge is 0.305 e. The van der Waals surface area contributed by atoms with Crippen molar-refractivity contribution in [2.45, 2.75) is 39.7 Å². The zero-order chi connectivity index (χ0) is 16.0. The lowest BCUT2D eigenvalue weighted by atomic mass is 10.00. The molecule has 116 valence electrons. The van der Waals surface area contributed by atoms with E-state index in [2.05, 4.69) is 10.1 Å². The summed E-state index contributed by atoms with van der Waals surface area (Å²) < 4.78 is 4.63. The van der Waals surface area contributed by atoms with Crippen LogP contribution in [0.3, 0.4) is 0 Å². The number of rotatable bonds is 6. The molecule has 1 rings (SSSR count). The number of carbonyl (C=O) groups excluding carboxylic acids is 2. The minimum absolute atomic E-state index is 0.0624. The fourth-order valence-corrected chi connectivity index (χ4v) is 1.81. The highest BCUT2D eigenvalue weighted by Gasteiger charge is 2.16. The molecule has 0 saturated heterocycles. The number of ether oxygens (including phenoxy) is 1. The normalized spacial score (nSPS) is 12.0. The molecular formula is C16H24N2O3. The summed E-state index contributed by atoms with van der Waals surface area (Å²) in [6.45, 7) is 6.05. The first-order chi connectivity index (χ1) is 9.85. The highest BCUT2D eigenvalue weighted by molar-refractivity contribution is 5.96. The molecule has 0 spiro atoms. The molecule has 0 aliphatic heterocycles. The van der Waals surface area contributed by atoms with Crippen molar-refractivity contribution < 1.29 is 14.3 Å². The number of nitrogen functional groups attached to an aromatic ring is 1. The fraction of sp³-hybridized carbons (Fsp3) is 0.500. The van der Waals surface area contributed by atoms with Gasteiger partial charge in [-0.05, 0) is 37.0 Å². The fourth-order valence-electron chi connectivity index (χ4n) is 1.81. The average Bonchev–Trinajstić information content (AvgIpc) is 2.45.